The van der Waals surface area contributed by atoms with Crippen LogP contribution < -0.4 is 9.47 Å². The third-order valence-electron chi connectivity index (χ3n) is 8.56. The first kappa shape index (κ1) is 32.0. The fourth-order valence-corrected chi connectivity index (χ4v) is 6.18. The molecule has 0 amide bonds. The highest BCUT2D eigenvalue weighted by atomic mass is 32.2. The molecule has 0 spiro atoms. The molecular weight excluding hydrogens is 540 g/mol. The van der Waals surface area contributed by atoms with Crippen molar-refractivity contribution >= 4 is 17.1 Å². The molecule has 0 aromatic heterocycles. The maximum absolute atomic E-state index is 9.33. The molecule has 3 heterocycles. The molecule has 1 N–H and O–H groups in total. The van der Waals surface area contributed by atoms with Crippen LogP contribution in [0.15, 0.2) is 29.5 Å². The van der Waals surface area contributed by atoms with Gasteiger partial charge in [-0.3, -0.25) is 14.8 Å². The van der Waals surface area contributed by atoms with Gasteiger partial charge < -0.3 is 19.3 Å². The van der Waals surface area contributed by atoms with E-state index in [-0.39, 0.29) is 0 Å². The Morgan fingerprint density at radius 2 is 1.93 bits per heavy atom. The molecule has 3 atom stereocenters. The van der Waals surface area contributed by atoms with Gasteiger partial charge in [0.05, 0.1) is 18.4 Å². The summed E-state index contributed by atoms with van der Waals surface area (Å²) in [6.45, 7) is 9.57. The van der Waals surface area contributed by atoms with Gasteiger partial charge >= 0.3 is 5.30 Å². The molecule has 5 rings (SSSR count). The van der Waals surface area contributed by atoms with Crippen LogP contribution in [0.25, 0.3) is 0 Å². The molecule has 4 aliphatic rings. The number of carboxylic acid groups (broad SMARTS) is 1. The number of allylic oxidation sites excluding steroid dienone is 1. The zero-order valence-electron chi connectivity index (χ0n) is 25.3. The number of thioether (sulfide) groups is 1. The van der Waals surface area contributed by atoms with Crippen molar-refractivity contribution in [3.8, 4) is 11.5 Å². The van der Waals surface area contributed by atoms with E-state index in [1.165, 1.54) is 75.3 Å². The molecule has 3 aliphatic heterocycles. The summed E-state index contributed by atoms with van der Waals surface area (Å²) in [4.78, 5) is 18.4. The summed E-state index contributed by atoms with van der Waals surface area (Å²) in [6.07, 6.45) is 15.2. The number of hydrogen-bond donors (Lipinski definition) is 1. The maximum atomic E-state index is 9.33. The van der Waals surface area contributed by atoms with Gasteiger partial charge in [0.2, 0.25) is 6.79 Å². The lowest BCUT2D eigenvalue weighted by atomic mass is 9.90. The SMILES string of the molecule is CCCON(CCC)C(CN1CC(c2ccc3c(c2)OCO3)CC1CCC1CCCCO1)=C1CCC1.CSC(=O)O. The minimum Gasteiger partial charge on any atom is -0.473 e. The zero-order chi connectivity index (χ0) is 29.0. The summed E-state index contributed by atoms with van der Waals surface area (Å²) in [5, 5.41) is 9.11. The topological polar surface area (TPSA) is 80.7 Å². The zero-order valence-corrected chi connectivity index (χ0v) is 26.1. The molecule has 1 saturated carbocycles. The molecule has 2 saturated heterocycles. The predicted octanol–water partition coefficient (Wildman–Crippen LogP) is 7.44. The smallest absolute Gasteiger partial charge is 0.364 e. The van der Waals surface area contributed by atoms with E-state index in [9.17, 15) is 4.79 Å². The van der Waals surface area contributed by atoms with Gasteiger partial charge in [-0.25, -0.2) is 4.79 Å². The second kappa shape index (κ2) is 16.6. The number of ether oxygens (including phenoxy) is 3. The van der Waals surface area contributed by atoms with Gasteiger partial charge in [-0.05, 0) is 118 Å². The predicted molar refractivity (Wildman–Crippen MR) is 164 cm³/mol. The van der Waals surface area contributed by atoms with Gasteiger partial charge in [0.25, 0.3) is 0 Å². The number of fused-ring (bicyclic) bond motifs is 1. The van der Waals surface area contributed by atoms with E-state index in [2.05, 4.69) is 42.0 Å². The summed E-state index contributed by atoms with van der Waals surface area (Å²) in [6, 6.07) is 7.13. The van der Waals surface area contributed by atoms with Gasteiger partial charge in [0, 0.05) is 32.3 Å². The van der Waals surface area contributed by atoms with E-state index in [0.29, 0.717) is 24.9 Å². The first-order chi connectivity index (χ1) is 20.0. The molecule has 41 heavy (non-hydrogen) atoms. The van der Waals surface area contributed by atoms with E-state index in [1.54, 1.807) is 5.57 Å². The summed E-state index contributed by atoms with van der Waals surface area (Å²) in [5.74, 6) is 2.29. The average molecular weight is 591 g/mol. The Labute approximate surface area is 250 Å². The van der Waals surface area contributed by atoms with Crippen LogP contribution in [-0.2, 0) is 9.57 Å². The summed E-state index contributed by atoms with van der Waals surface area (Å²) in [5.41, 5.74) is 4.44. The quantitative estimate of drug-likeness (QED) is 0.250. The number of hydroxylamine groups is 2. The normalized spacial score (nSPS) is 23.5. The largest absolute Gasteiger partial charge is 0.473 e. The third-order valence-corrected chi connectivity index (χ3v) is 8.91. The molecule has 3 unspecified atom stereocenters. The number of hydrogen-bond acceptors (Lipinski definition) is 8. The summed E-state index contributed by atoms with van der Waals surface area (Å²) < 4.78 is 17.4. The molecule has 1 aromatic rings. The second-order valence-electron chi connectivity index (χ2n) is 11.5. The van der Waals surface area contributed by atoms with Crippen molar-refractivity contribution in [3.05, 3.63) is 35.0 Å². The van der Waals surface area contributed by atoms with E-state index in [0.717, 1.165) is 69.0 Å². The van der Waals surface area contributed by atoms with Crippen molar-refractivity contribution in [2.45, 2.75) is 103 Å². The Bertz CT molecular complexity index is 992. The highest BCUT2D eigenvalue weighted by Gasteiger charge is 2.36. The Morgan fingerprint density at radius 1 is 1.12 bits per heavy atom. The Kier molecular flexibility index (Phi) is 13.0. The second-order valence-corrected chi connectivity index (χ2v) is 12.3. The molecular formula is C32H50N2O6S. The van der Waals surface area contributed by atoms with E-state index < -0.39 is 5.30 Å². The van der Waals surface area contributed by atoms with Gasteiger partial charge in [-0.15, -0.1) is 0 Å². The van der Waals surface area contributed by atoms with Crippen LogP contribution in [0.4, 0.5) is 4.79 Å². The van der Waals surface area contributed by atoms with Crippen molar-refractivity contribution in [3.63, 3.8) is 0 Å². The molecule has 1 aromatic carbocycles. The maximum Gasteiger partial charge on any atom is 0.364 e. The lowest BCUT2D eigenvalue weighted by Crippen LogP contribution is -2.39. The minimum atomic E-state index is -0.829. The van der Waals surface area contributed by atoms with Crippen molar-refractivity contribution in [2.24, 2.45) is 0 Å². The van der Waals surface area contributed by atoms with Crippen molar-refractivity contribution in [2.75, 3.05) is 45.9 Å². The number of rotatable bonds is 12. The van der Waals surface area contributed by atoms with Gasteiger partial charge in [-0.1, -0.05) is 19.9 Å². The highest BCUT2D eigenvalue weighted by molar-refractivity contribution is 8.12. The highest BCUT2D eigenvalue weighted by Crippen LogP contribution is 2.41. The number of benzene rings is 1. The third kappa shape index (κ3) is 9.27. The minimum absolute atomic E-state index is 0.335. The molecule has 9 heteroatoms. The fraction of sp³-hybridized carbons (Fsp3) is 0.719. The molecule has 0 bridgehead atoms. The molecule has 0 radical (unpaired) electrons. The Balaban J connectivity index is 0.000000714. The Morgan fingerprint density at radius 3 is 2.59 bits per heavy atom. The van der Waals surface area contributed by atoms with Crippen molar-refractivity contribution in [1.29, 1.82) is 0 Å². The van der Waals surface area contributed by atoms with E-state index in [1.807, 2.05) is 0 Å². The van der Waals surface area contributed by atoms with E-state index >= 15 is 0 Å². The molecule has 230 valence electrons. The first-order valence-electron chi connectivity index (χ1n) is 15.7. The van der Waals surface area contributed by atoms with Gasteiger partial charge in [0.1, 0.15) is 0 Å². The molecule has 8 nitrogen and oxygen atoms in total. The van der Waals surface area contributed by atoms with Crippen molar-refractivity contribution < 1.29 is 28.9 Å². The van der Waals surface area contributed by atoms with Crippen LogP contribution in [0.5, 0.6) is 11.5 Å². The van der Waals surface area contributed by atoms with Crippen LogP contribution in [0.1, 0.15) is 96.0 Å². The Hall–Kier alpha value is -1.94. The lowest BCUT2D eigenvalue weighted by Gasteiger charge is -2.36. The number of likely N-dealkylation sites (tertiary alicyclic amines) is 1. The average Bonchev–Trinajstić information content (AvgIpc) is 3.60. The van der Waals surface area contributed by atoms with E-state index in [4.69, 9.17) is 24.2 Å². The lowest BCUT2D eigenvalue weighted by molar-refractivity contribution is -0.136. The van der Waals surface area contributed by atoms with Crippen molar-refractivity contribution in [1.82, 2.24) is 9.96 Å². The summed E-state index contributed by atoms with van der Waals surface area (Å²) in [7, 11) is 0. The van der Waals surface area contributed by atoms with Gasteiger partial charge in [0.15, 0.2) is 11.5 Å². The monoisotopic (exact) mass is 590 g/mol. The van der Waals surface area contributed by atoms with Crippen LogP contribution in [-0.4, -0.2) is 78.4 Å². The van der Waals surface area contributed by atoms with Gasteiger partial charge in [-0.2, -0.15) is 0 Å². The molecule has 3 fully saturated rings. The van der Waals surface area contributed by atoms with Crippen LogP contribution in [0.3, 0.4) is 0 Å². The standard InChI is InChI=1S/C30H46N2O4.C2H4O2S/c1-3-15-32(36-16-4-2)28(23-8-7-9-23)21-31-20-25(24-11-14-29-30(19-24)35-22-34-29)18-26(31)12-13-27-10-5-6-17-33-27;1-5-2(3)4/h11,14,19,25-27H,3-10,12-13,15-18,20-22H2,1-2H3;1H3,(H,3,4). The first-order valence-corrected chi connectivity index (χ1v) is 16.9. The molecule has 1 aliphatic carbocycles. The van der Waals surface area contributed by atoms with Crippen LogP contribution in [0.2, 0.25) is 0 Å². The number of carbonyl (C=O) groups is 1. The fourth-order valence-electron chi connectivity index (χ4n) is 6.18. The van der Waals surface area contributed by atoms with Crippen LogP contribution >= 0.6 is 11.8 Å². The van der Waals surface area contributed by atoms with Crippen LogP contribution in [0, 0.1) is 0 Å². The summed E-state index contributed by atoms with van der Waals surface area (Å²) >= 11 is 0.796. The number of nitrogens with zero attached hydrogens (tertiary/aromatic N) is 2.